The average Bonchev–Trinajstić information content (AvgIpc) is 3.58. The summed E-state index contributed by atoms with van der Waals surface area (Å²) in [5.74, 6) is -0.0234. The molecule has 1 aliphatic carbocycles. The Morgan fingerprint density at radius 3 is 2.38 bits per heavy atom. The number of benzene rings is 2. The van der Waals surface area contributed by atoms with Gasteiger partial charge < -0.3 is 30.1 Å². The normalized spacial score (nSPS) is 29.7. The maximum atomic E-state index is 13.0. The van der Waals surface area contributed by atoms with Crippen molar-refractivity contribution in [3.8, 4) is 0 Å². The van der Waals surface area contributed by atoms with E-state index < -0.39 is 37.1 Å². The number of carbonyl (C=O) groups excluding carboxylic acids is 1. The number of hydrogen-bond acceptors (Lipinski definition) is 6. The highest BCUT2D eigenvalue weighted by Crippen LogP contribution is 2.33. The van der Waals surface area contributed by atoms with E-state index in [1.807, 2.05) is 42.5 Å². The smallest absolute Gasteiger partial charge is 0.226 e. The van der Waals surface area contributed by atoms with Gasteiger partial charge in [-0.3, -0.25) is 4.79 Å². The van der Waals surface area contributed by atoms with Gasteiger partial charge in [-0.25, -0.2) is 0 Å². The van der Waals surface area contributed by atoms with E-state index in [0.717, 1.165) is 29.2 Å². The van der Waals surface area contributed by atoms with Gasteiger partial charge in [-0.05, 0) is 29.2 Å². The number of hydrogen-bond donors (Lipinski definition) is 4. The molecule has 0 radical (unpaired) electrons. The van der Waals surface area contributed by atoms with Gasteiger partial charge in [-0.1, -0.05) is 42.5 Å². The molecular weight excluding hydrogens is 374 g/mol. The van der Waals surface area contributed by atoms with E-state index in [2.05, 4.69) is 0 Å². The second-order valence-corrected chi connectivity index (χ2v) is 8.00. The number of ether oxygens (including phenoxy) is 1. The van der Waals surface area contributed by atoms with E-state index in [0.29, 0.717) is 6.54 Å². The van der Waals surface area contributed by atoms with Crippen LogP contribution in [0.4, 0.5) is 0 Å². The third-order valence-corrected chi connectivity index (χ3v) is 5.87. The van der Waals surface area contributed by atoms with Gasteiger partial charge >= 0.3 is 0 Å². The van der Waals surface area contributed by atoms with Crippen molar-refractivity contribution in [2.24, 2.45) is 5.92 Å². The predicted octanol–water partition coefficient (Wildman–Crippen LogP) is 0.421. The third kappa shape index (κ3) is 4.15. The zero-order valence-electron chi connectivity index (χ0n) is 16.1. The summed E-state index contributed by atoms with van der Waals surface area (Å²) in [5, 5.41) is 42.0. The Kier molecular flexibility index (Phi) is 5.85. The lowest BCUT2D eigenvalue weighted by Gasteiger charge is -2.41. The summed E-state index contributed by atoms with van der Waals surface area (Å²) in [6.07, 6.45) is -4.39. The molecule has 5 atom stereocenters. The molecule has 0 unspecified atom stereocenters. The number of aliphatic hydroxyl groups excluding tert-OH is 4. The lowest BCUT2D eigenvalue weighted by molar-refractivity contribution is -0.232. The molecule has 1 amide bonds. The highest BCUT2D eigenvalue weighted by atomic mass is 16.5. The van der Waals surface area contributed by atoms with Gasteiger partial charge in [0, 0.05) is 19.0 Å². The largest absolute Gasteiger partial charge is 0.394 e. The van der Waals surface area contributed by atoms with Crippen LogP contribution in [0.5, 0.6) is 0 Å². The quantitative estimate of drug-likeness (QED) is 0.559. The number of aliphatic hydroxyl groups is 4. The zero-order chi connectivity index (χ0) is 20.5. The van der Waals surface area contributed by atoms with E-state index in [1.54, 1.807) is 4.90 Å². The molecule has 0 aromatic heterocycles. The van der Waals surface area contributed by atoms with Gasteiger partial charge in [0.15, 0.2) is 0 Å². The van der Waals surface area contributed by atoms with Gasteiger partial charge in [-0.15, -0.1) is 0 Å². The van der Waals surface area contributed by atoms with E-state index in [-0.39, 0.29) is 18.4 Å². The Hall–Kier alpha value is -2.03. The highest BCUT2D eigenvalue weighted by molar-refractivity contribution is 5.86. The minimum Gasteiger partial charge on any atom is -0.394 e. The molecule has 2 aromatic rings. The molecule has 1 heterocycles. The van der Waals surface area contributed by atoms with Gasteiger partial charge in [0.1, 0.15) is 30.5 Å². The van der Waals surface area contributed by atoms with Crippen molar-refractivity contribution >= 4 is 16.7 Å². The molecule has 2 aliphatic rings. The van der Waals surface area contributed by atoms with Crippen molar-refractivity contribution in [3.63, 3.8) is 0 Å². The third-order valence-electron chi connectivity index (χ3n) is 5.87. The van der Waals surface area contributed by atoms with Gasteiger partial charge in [-0.2, -0.15) is 0 Å². The van der Waals surface area contributed by atoms with Crippen molar-refractivity contribution in [1.29, 1.82) is 0 Å². The van der Waals surface area contributed by atoms with Crippen LogP contribution in [0.3, 0.4) is 0 Å². The molecule has 1 saturated carbocycles. The van der Waals surface area contributed by atoms with E-state index >= 15 is 0 Å². The number of rotatable bonds is 6. The summed E-state index contributed by atoms with van der Waals surface area (Å²) in [6.45, 7) is -0.0625. The predicted molar refractivity (Wildman–Crippen MR) is 106 cm³/mol. The molecule has 1 saturated heterocycles. The van der Waals surface area contributed by atoms with Crippen molar-refractivity contribution in [2.45, 2.75) is 49.9 Å². The van der Waals surface area contributed by atoms with E-state index in [1.165, 1.54) is 0 Å². The molecule has 4 rings (SSSR count). The van der Waals surface area contributed by atoms with E-state index in [4.69, 9.17) is 4.74 Å². The standard InChI is InChI=1S/C22H27NO6/c24-12-18-20(26)21(27)19(25)17(29-18)11-23(22(28)14-8-9-14)10-15-6-3-5-13-4-1-2-7-16(13)15/h1-7,14,17-21,24-27H,8-12H2/t17-,18+,19+,20+,21+/m0/s1. The molecule has 2 aromatic carbocycles. The summed E-state index contributed by atoms with van der Waals surface area (Å²) in [7, 11) is 0. The maximum Gasteiger partial charge on any atom is 0.226 e. The fraction of sp³-hybridized carbons (Fsp3) is 0.500. The molecule has 4 N–H and O–H groups in total. The summed E-state index contributed by atoms with van der Waals surface area (Å²) in [6, 6.07) is 13.9. The molecule has 29 heavy (non-hydrogen) atoms. The summed E-state index contributed by atoms with van der Waals surface area (Å²) in [4.78, 5) is 14.6. The Morgan fingerprint density at radius 1 is 0.966 bits per heavy atom. The van der Waals surface area contributed by atoms with Crippen LogP contribution in [0.1, 0.15) is 18.4 Å². The number of nitrogens with zero attached hydrogens (tertiary/aromatic N) is 1. The first-order valence-corrected chi connectivity index (χ1v) is 10.1. The summed E-state index contributed by atoms with van der Waals surface area (Å²) in [5.41, 5.74) is 0.988. The molecule has 0 bridgehead atoms. The van der Waals surface area contributed by atoms with Crippen LogP contribution in [0.2, 0.25) is 0 Å². The zero-order valence-corrected chi connectivity index (χ0v) is 16.1. The Morgan fingerprint density at radius 2 is 1.66 bits per heavy atom. The fourth-order valence-corrected chi connectivity index (χ4v) is 4.00. The molecular formula is C22H27NO6. The first-order chi connectivity index (χ1) is 14.0. The number of carbonyl (C=O) groups is 1. The minimum absolute atomic E-state index is 0.00473. The van der Waals surface area contributed by atoms with Crippen molar-refractivity contribution in [1.82, 2.24) is 4.90 Å². The average molecular weight is 401 g/mol. The minimum atomic E-state index is -1.44. The van der Waals surface area contributed by atoms with Crippen LogP contribution in [-0.4, -0.2) is 74.9 Å². The van der Waals surface area contributed by atoms with Crippen LogP contribution >= 0.6 is 0 Å². The monoisotopic (exact) mass is 401 g/mol. The first kappa shape index (κ1) is 20.3. The van der Waals surface area contributed by atoms with Crippen molar-refractivity contribution in [3.05, 3.63) is 48.0 Å². The molecule has 7 nitrogen and oxygen atoms in total. The van der Waals surface area contributed by atoms with Crippen LogP contribution in [0.25, 0.3) is 10.8 Å². The molecule has 0 spiro atoms. The lowest BCUT2D eigenvalue weighted by atomic mass is 9.94. The summed E-state index contributed by atoms with van der Waals surface area (Å²) < 4.78 is 5.63. The van der Waals surface area contributed by atoms with E-state index in [9.17, 15) is 25.2 Å². The maximum absolute atomic E-state index is 13.0. The highest BCUT2D eigenvalue weighted by Gasteiger charge is 2.45. The topological polar surface area (TPSA) is 110 Å². The van der Waals surface area contributed by atoms with Gasteiger partial charge in [0.25, 0.3) is 0 Å². The number of amides is 1. The molecule has 156 valence electrons. The second-order valence-electron chi connectivity index (χ2n) is 8.00. The van der Waals surface area contributed by atoms with Crippen LogP contribution in [0, 0.1) is 5.92 Å². The molecule has 2 fully saturated rings. The lowest BCUT2D eigenvalue weighted by Crippen LogP contribution is -2.61. The summed E-state index contributed by atoms with van der Waals surface area (Å²) >= 11 is 0. The Labute approximate surface area is 169 Å². The van der Waals surface area contributed by atoms with Crippen LogP contribution in [0.15, 0.2) is 42.5 Å². The number of fused-ring (bicyclic) bond motifs is 1. The SMILES string of the molecule is O=C(C1CC1)N(Cc1cccc2ccccc12)C[C@@H]1O[C@H](CO)[C@@H](O)[C@H](O)[C@@H]1O. The Bertz CT molecular complexity index is 862. The van der Waals surface area contributed by atoms with Crippen LogP contribution in [-0.2, 0) is 16.1 Å². The van der Waals surface area contributed by atoms with Gasteiger partial charge in [0.05, 0.1) is 6.61 Å². The molecule has 1 aliphatic heterocycles. The van der Waals surface area contributed by atoms with Crippen molar-refractivity contribution in [2.75, 3.05) is 13.2 Å². The van der Waals surface area contributed by atoms with Crippen molar-refractivity contribution < 1.29 is 30.0 Å². The fourth-order valence-electron chi connectivity index (χ4n) is 4.00. The molecule has 7 heteroatoms. The Balaban J connectivity index is 1.58. The second kappa shape index (κ2) is 8.38. The van der Waals surface area contributed by atoms with Crippen LogP contribution < -0.4 is 0 Å². The first-order valence-electron chi connectivity index (χ1n) is 10.1. The van der Waals surface area contributed by atoms with Gasteiger partial charge in [0.2, 0.25) is 5.91 Å².